The molecule has 160 valence electrons. The van der Waals surface area contributed by atoms with Crippen molar-refractivity contribution in [3.05, 3.63) is 58.7 Å². The van der Waals surface area contributed by atoms with E-state index in [1.165, 1.54) is 12.1 Å². The summed E-state index contributed by atoms with van der Waals surface area (Å²) >= 11 is 0. The molecule has 2 aliphatic rings. The average Bonchev–Trinajstić information content (AvgIpc) is 3.24. The number of ether oxygens (including phenoxy) is 2. The lowest BCUT2D eigenvalue weighted by Crippen LogP contribution is -2.40. The van der Waals surface area contributed by atoms with Crippen LogP contribution in [-0.2, 0) is 16.8 Å². The minimum Gasteiger partial charge on any atom is -0.492 e. The van der Waals surface area contributed by atoms with Gasteiger partial charge in [-0.2, -0.15) is 13.2 Å². The fourth-order valence-corrected chi connectivity index (χ4v) is 4.22. The highest BCUT2D eigenvalue weighted by Gasteiger charge is 2.52. The van der Waals surface area contributed by atoms with Gasteiger partial charge in [0, 0.05) is 17.5 Å². The number of hydrogen-bond acceptors (Lipinski definition) is 4. The minimum absolute atomic E-state index is 0.0227. The highest BCUT2D eigenvalue weighted by atomic mass is 19.4. The fraction of sp³-hybridized carbons (Fsp3) is 0.409. The molecule has 8 heteroatoms. The monoisotopic (exact) mass is 422 g/mol. The molecule has 1 aliphatic carbocycles. The number of carboxylic acids is 1. The topological polar surface area (TPSA) is 76.0 Å². The summed E-state index contributed by atoms with van der Waals surface area (Å²) in [4.78, 5) is 11.0. The molecule has 0 spiro atoms. The van der Waals surface area contributed by atoms with Gasteiger partial charge in [-0.3, -0.25) is 4.79 Å². The van der Waals surface area contributed by atoms with Crippen molar-refractivity contribution in [1.82, 2.24) is 0 Å². The maximum absolute atomic E-state index is 13.3. The average molecular weight is 422 g/mol. The normalized spacial score (nSPS) is 22.0. The standard InChI is InChI=1S/C22H21F3O5/c1-21(28,22(23,24)25)17-4-2-3-16-15(17)7-8-18(16)30-13-5-6-14-12(9-20(26)27)11-29-19(14)10-13/h2-6,10,12,18,28H,7-9,11H2,1H3,(H,26,27). The first kappa shape index (κ1) is 20.5. The summed E-state index contributed by atoms with van der Waals surface area (Å²) in [6.07, 6.45) is -4.40. The summed E-state index contributed by atoms with van der Waals surface area (Å²) in [7, 11) is 0. The number of alkyl halides is 3. The summed E-state index contributed by atoms with van der Waals surface area (Å²) in [5.41, 5.74) is -1.19. The molecule has 30 heavy (non-hydrogen) atoms. The Morgan fingerprint density at radius 1 is 1.23 bits per heavy atom. The fourth-order valence-electron chi connectivity index (χ4n) is 4.22. The summed E-state index contributed by atoms with van der Waals surface area (Å²) in [5, 5.41) is 19.1. The number of fused-ring (bicyclic) bond motifs is 2. The van der Waals surface area contributed by atoms with Gasteiger partial charge in [0.15, 0.2) is 5.60 Å². The highest BCUT2D eigenvalue weighted by Crippen LogP contribution is 2.46. The first-order valence-corrected chi connectivity index (χ1v) is 9.64. The lowest BCUT2D eigenvalue weighted by atomic mass is 9.89. The van der Waals surface area contributed by atoms with Crippen LogP contribution in [0.3, 0.4) is 0 Å². The van der Waals surface area contributed by atoms with E-state index >= 15 is 0 Å². The Balaban J connectivity index is 1.57. The van der Waals surface area contributed by atoms with Gasteiger partial charge in [0.2, 0.25) is 0 Å². The van der Waals surface area contributed by atoms with Crippen molar-refractivity contribution in [2.24, 2.45) is 0 Å². The van der Waals surface area contributed by atoms with Gasteiger partial charge in [-0.15, -0.1) is 0 Å². The Labute approximate surface area is 171 Å². The second kappa shape index (κ2) is 7.19. The van der Waals surface area contributed by atoms with E-state index in [0.717, 1.165) is 12.5 Å². The van der Waals surface area contributed by atoms with Crippen molar-refractivity contribution in [1.29, 1.82) is 0 Å². The van der Waals surface area contributed by atoms with Crippen LogP contribution in [-0.4, -0.2) is 29.0 Å². The van der Waals surface area contributed by atoms with Gasteiger partial charge >= 0.3 is 12.1 Å². The van der Waals surface area contributed by atoms with Gasteiger partial charge in [0.25, 0.3) is 0 Å². The molecule has 0 bridgehead atoms. The number of carbonyl (C=O) groups is 1. The molecule has 4 rings (SSSR count). The lowest BCUT2D eigenvalue weighted by Gasteiger charge is -2.29. The van der Waals surface area contributed by atoms with E-state index in [9.17, 15) is 23.1 Å². The van der Waals surface area contributed by atoms with Crippen LogP contribution in [0.5, 0.6) is 11.5 Å². The van der Waals surface area contributed by atoms with E-state index < -0.39 is 23.9 Å². The molecule has 5 nitrogen and oxygen atoms in total. The van der Waals surface area contributed by atoms with Gasteiger partial charge in [-0.1, -0.05) is 24.3 Å². The summed E-state index contributed by atoms with van der Waals surface area (Å²) < 4.78 is 51.6. The van der Waals surface area contributed by atoms with Gasteiger partial charge in [0.05, 0.1) is 13.0 Å². The third-order valence-corrected chi connectivity index (χ3v) is 5.86. The molecule has 0 radical (unpaired) electrons. The molecule has 3 unspecified atom stereocenters. The number of hydrogen-bond donors (Lipinski definition) is 2. The van der Waals surface area contributed by atoms with Crippen molar-refractivity contribution in [3.8, 4) is 11.5 Å². The molecule has 0 fully saturated rings. The van der Waals surface area contributed by atoms with Crippen molar-refractivity contribution in [2.75, 3.05) is 6.61 Å². The van der Waals surface area contributed by atoms with Crippen LogP contribution in [0.4, 0.5) is 13.2 Å². The zero-order valence-electron chi connectivity index (χ0n) is 16.2. The van der Waals surface area contributed by atoms with E-state index in [0.29, 0.717) is 35.5 Å². The number of rotatable bonds is 5. The highest BCUT2D eigenvalue weighted by molar-refractivity contribution is 5.68. The first-order valence-electron chi connectivity index (χ1n) is 9.64. The Morgan fingerprint density at radius 3 is 2.70 bits per heavy atom. The van der Waals surface area contributed by atoms with Crippen LogP contribution in [0.2, 0.25) is 0 Å². The van der Waals surface area contributed by atoms with Crippen LogP contribution in [0, 0.1) is 0 Å². The van der Waals surface area contributed by atoms with Crippen LogP contribution in [0.1, 0.15) is 54.0 Å². The third-order valence-electron chi connectivity index (χ3n) is 5.86. The molecular formula is C22H21F3O5. The van der Waals surface area contributed by atoms with Crippen molar-refractivity contribution >= 4 is 5.97 Å². The van der Waals surface area contributed by atoms with Crippen molar-refractivity contribution < 1.29 is 37.7 Å². The SMILES string of the molecule is CC(O)(c1cccc2c1CCC2Oc1ccc2c(c1)OCC2CC(=O)O)C(F)(F)F. The predicted molar refractivity (Wildman–Crippen MR) is 101 cm³/mol. The zero-order chi connectivity index (χ0) is 21.7. The first-order chi connectivity index (χ1) is 14.1. The smallest absolute Gasteiger partial charge is 0.421 e. The maximum atomic E-state index is 13.3. The second-order valence-corrected chi connectivity index (χ2v) is 7.89. The van der Waals surface area contributed by atoms with Gasteiger partial charge < -0.3 is 19.7 Å². The molecule has 0 aromatic heterocycles. The van der Waals surface area contributed by atoms with Crippen LogP contribution < -0.4 is 9.47 Å². The summed E-state index contributed by atoms with van der Waals surface area (Å²) in [5.74, 6) is -0.0583. The third kappa shape index (κ3) is 3.49. The lowest BCUT2D eigenvalue weighted by molar-refractivity contribution is -0.259. The quantitative estimate of drug-likeness (QED) is 0.744. The molecule has 2 aromatic carbocycles. The van der Waals surface area contributed by atoms with E-state index in [4.69, 9.17) is 14.6 Å². The molecule has 0 saturated heterocycles. The van der Waals surface area contributed by atoms with Gasteiger partial charge in [-0.25, -0.2) is 0 Å². The molecule has 0 amide bonds. The number of benzene rings is 2. The molecular weight excluding hydrogens is 401 g/mol. The molecule has 0 saturated carbocycles. The number of halogens is 3. The Hall–Kier alpha value is -2.74. The van der Waals surface area contributed by atoms with Crippen LogP contribution in [0.15, 0.2) is 36.4 Å². The largest absolute Gasteiger partial charge is 0.492 e. The Kier molecular flexibility index (Phi) is 4.92. The molecule has 2 N–H and O–H groups in total. The predicted octanol–water partition coefficient (Wildman–Crippen LogP) is 4.47. The summed E-state index contributed by atoms with van der Waals surface area (Å²) in [6, 6.07) is 9.70. The molecule has 1 aliphatic heterocycles. The molecule has 1 heterocycles. The second-order valence-electron chi connectivity index (χ2n) is 7.89. The van der Waals surface area contributed by atoms with E-state index in [-0.39, 0.29) is 24.5 Å². The minimum atomic E-state index is -4.79. The number of aliphatic hydroxyl groups is 1. The van der Waals surface area contributed by atoms with Crippen molar-refractivity contribution in [2.45, 2.75) is 50.0 Å². The zero-order valence-corrected chi connectivity index (χ0v) is 16.2. The Morgan fingerprint density at radius 2 is 2.00 bits per heavy atom. The number of aliphatic carboxylic acids is 1. The maximum Gasteiger partial charge on any atom is 0.421 e. The van der Waals surface area contributed by atoms with Gasteiger partial charge in [-0.05, 0) is 42.5 Å². The van der Waals surface area contributed by atoms with Crippen LogP contribution in [0.25, 0.3) is 0 Å². The van der Waals surface area contributed by atoms with Crippen molar-refractivity contribution in [3.63, 3.8) is 0 Å². The molecule has 2 aromatic rings. The van der Waals surface area contributed by atoms with E-state index in [1.807, 2.05) is 0 Å². The van der Waals surface area contributed by atoms with E-state index in [2.05, 4.69) is 0 Å². The van der Waals surface area contributed by atoms with Crippen LogP contribution >= 0.6 is 0 Å². The number of carboxylic acid groups (broad SMARTS) is 1. The Bertz CT molecular complexity index is 983. The molecule has 3 atom stereocenters. The summed E-state index contributed by atoms with van der Waals surface area (Å²) in [6.45, 7) is 1.05. The van der Waals surface area contributed by atoms with Gasteiger partial charge in [0.1, 0.15) is 17.6 Å². The van der Waals surface area contributed by atoms with E-state index in [1.54, 1.807) is 24.3 Å².